The zero-order chi connectivity index (χ0) is 27.0. The third-order valence-corrected chi connectivity index (χ3v) is 9.57. The second-order valence-corrected chi connectivity index (χ2v) is 12.7. The van der Waals surface area contributed by atoms with E-state index in [9.17, 15) is 21.6 Å². The Morgan fingerprint density at radius 2 is 1.95 bits per heavy atom. The zero-order valence-electron chi connectivity index (χ0n) is 20.1. The number of alkyl halides is 3. The number of nitrogens with zero attached hydrogens (tertiary/aromatic N) is 2. The highest BCUT2D eigenvalue weighted by Crippen LogP contribution is 2.39. The number of halogens is 5. The number of rotatable bonds is 7. The van der Waals surface area contributed by atoms with Crippen LogP contribution in [-0.2, 0) is 21.8 Å². The number of hydrogen-bond acceptors (Lipinski definition) is 6. The molecule has 0 spiro atoms. The van der Waals surface area contributed by atoms with Gasteiger partial charge < -0.3 is 10.2 Å². The van der Waals surface area contributed by atoms with E-state index in [1.807, 2.05) is 19.0 Å². The topological polar surface area (TPSA) is 62.3 Å². The summed E-state index contributed by atoms with van der Waals surface area (Å²) >= 11 is 7.57. The zero-order valence-corrected chi connectivity index (χ0v) is 22.5. The van der Waals surface area contributed by atoms with Crippen molar-refractivity contribution in [1.29, 1.82) is 0 Å². The Kier molecular flexibility index (Phi) is 8.18. The van der Waals surface area contributed by atoms with E-state index in [1.54, 1.807) is 11.4 Å². The Balaban J connectivity index is 1.59. The highest BCUT2D eigenvalue weighted by atomic mass is 35.5. The maximum absolute atomic E-state index is 15.1. The molecule has 0 amide bonds. The van der Waals surface area contributed by atoms with Gasteiger partial charge in [0.25, 0.3) is 0 Å². The van der Waals surface area contributed by atoms with E-state index in [2.05, 4.69) is 10.3 Å². The molecule has 5 nitrogen and oxygen atoms in total. The van der Waals surface area contributed by atoms with E-state index < -0.39 is 38.0 Å². The van der Waals surface area contributed by atoms with Crippen molar-refractivity contribution in [2.75, 3.05) is 19.4 Å². The fraction of sp³-hybridized carbons (Fsp3) is 0.400. The van der Waals surface area contributed by atoms with Gasteiger partial charge in [-0.1, -0.05) is 29.8 Å². The molecular weight excluding hydrogens is 550 g/mol. The molecule has 0 bridgehead atoms. The number of aromatic nitrogens is 1. The van der Waals surface area contributed by atoms with Crippen LogP contribution in [0.5, 0.6) is 0 Å². The van der Waals surface area contributed by atoms with Crippen LogP contribution in [0.15, 0.2) is 52.9 Å². The first-order chi connectivity index (χ1) is 17.3. The van der Waals surface area contributed by atoms with E-state index in [-0.39, 0.29) is 28.7 Å². The second-order valence-electron chi connectivity index (χ2n) is 9.36. The Labute approximate surface area is 222 Å². The van der Waals surface area contributed by atoms with Gasteiger partial charge in [-0.05, 0) is 63.0 Å². The van der Waals surface area contributed by atoms with Crippen LogP contribution in [0, 0.1) is 5.82 Å². The van der Waals surface area contributed by atoms with Crippen molar-refractivity contribution in [3.8, 4) is 0 Å². The molecule has 0 aliphatic heterocycles. The lowest BCUT2D eigenvalue weighted by molar-refractivity contribution is -0.137. The van der Waals surface area contributed by atoms with E-state index in [0.29, 0.717) is 29.8 Å². The summed E-state index contributed by atoms with van der Waals surface area (Å²) in [6.45, 7) is 0. The molecule has 1 heterocycles. The molecule has 1 saturated carbocycles. The van der Waals surface area contributed by atoms with Crippen molar-refractivity contribution >= 4 is 38.5 Å². The third-order valence-electron chi connectivity index (χ3n) is 6.66. The molecule has 12 heteroatoms. The third kappa shape index (κ3) is 6.45. The molecule has 200 valence electrons. The molecule has 3 aromatic rings. The van der Waals surface area contributed by atoms with Crippen molar-refractivity contribution in [1.82, 2.24) is 9.88 Å². The lowest BCUT2D eigenvalue weighted by Gasteiger charge is -2.41. The van der Waals surface area contributed by atoms with Crippen molar-refractivity contribution in [2.45, 2.75) is 54.1 Å². The van der Waals surface area contributed by atoms with Crippen LogP contribution < -0.4 is 5.32 Å². The van der Waals surface area contributed by atoms with Crippen LogP contribution in [0.4, 0.5) is 23.2 Å². The van der Waals surface area contributed by atoms with Gasteiger partial charge in [-0.15, -0.1) is 11.3 Å². The van der Waals surface area contributed by atoms with Gasteiger partial charge in [0.1, 0.15) is 21.5 Å². The Bertz CT molecular complexity index is 1350. The Morgan fingerprint density at radius 1 is 1.19 bits per heavy atom. The lowest BCUT2D eigenvalue weighted by Crippen LogP contribution is -2.47. The smallest absolute Gasteiger partial charge is 0.379 e. The first-order valence-corrected chi connectivity index (χ1v) is 14.5. The summed E-state index contributed by atoms with van der Waals surface area (Å²) in [5.74, 6) is -1.51. The number of thiazole rings is 1. The molecule has 4 rings (SSSR count). The molecule has 0 radical (unpaired) electrons. The summed E-state index contributed by atoms with van der Waals surface area (Å²) in [6.07, 6.45) is -1.07. The fourth-order valence-electron chi connectivity index (χ4n) is 4.84. The van der Waals surface area contributed by atoms with Crippen LogP contribution in [0.25, 0.3) is 0 Å². The summed E-state index contributed by atoms with van der Waals surface area (Å²) in [5.41, 5.74) is 0.137. The van der Waals surface area contributed by atoms with E-state index >= 15 is 4.39 Å². The van der Waals surface area contributed by atoms with Gasteiger partial charge in [0.15, 0.2) is 9.84 Å². The van der Waals surface area contributed by atoms with E-state index in [0.717, 1.165) is 29.5 Å². The summed E-state index contributed by atoms with van der Waals surface area (Å²) in [6, 6.07) is 7.26. The van der Waals surface area contributed by atoms with Crippen LogP contribution in [-0.4, -0.2) is 44.5 Å². The van der Waals surface area contributed by atoms with Crippen molar-refractivity contribution in [3.63, 3.8) is 0 Å². The van der Waals surface area contributed by atoms with E-state index in [4.69, 9.17) is 11.6 Å². The normalized spacial score (nSPS) is 20.8. The minimum absolute atomic E-state index is 0.00879. The molecule has 1 aliphatic rings. The molecule has 1 fully saturated rings. The van der Waals surface area contributed by atoms with Gasteiger partial charge >= 0.3 is 6.18 Å². The molecule has 37 heavy (non-hydrogen) atoms. The summed E-state index contributed by atoms with van der Waals surface area (Å²) < 4.78 is 80.4. The molecule has 1 N–H and O–H groups in total. The maximum Gasteiger partial charge on any atom is 0.416 e. The molecule has 0 unspecified atom stereocenters. The average Bonchev–Trinajstić information content (AvgIpc) is 3.32. The number of likely N-dealkylation sites (N-methyl/N-ethyl adjacent to an activating group) is 1. The van der Waals surface area contributed by atoms with Gasteiger partial charge in [0, 0.05) is 23.7 Å². The van der Waals surface area contributed by atoms with Gasteiger partial charge in [-0.25, -0.2) is 17.8 Å². The SMILES string of the molecule is CN(C)[C@@H]1CC[C@H](c2cccc(C(F)(F)F)c2)C[C@H]1Nc1cc(F)c(S(=O)(=O)Cc2nccs2)cc1Cl. The fourth-order valence-corrected chi connectivity index (χ4v) is 7.47. The standard InChI is InChI=1S/C25H26ClF4N3O2S2/c1-33(2)22-7-6-16(15-4-3-5-17(10-15)25(28,29)30)11-21(22)32-20-13-19(27)23(12-18(20)26)37(34,35)14-24-31-8-9-36-24/h3-5,8-10,12-13,16,21-22,32H,6-7,11,14H2,1-2H3/t16-,21+,22+/m0/s1. The lowest BCUT2D eigenvalue weighted by atomic mass is 9.78. The van der Waals surface area contributed by atoms with Crippen molar-refractivity contribution < 1.29 is 26.0 Å². The van der Waals surface area contributed by atoms with Gasteiger partial charge in [0.2, 0.25) is 0 Å². The summed E-state index contributed by atoms with van der Waals surface area (Å²) in [7, 11) is -0.204. The van der Waals surface area contributed by atoms with Crippen molar-refractivity contribution in [2.24, 2.45) is 0 Å². The highest BCUT2D eigenvalue weighted by Gasteiger charge is 2.35. The average molecular weight is 576 g/mol. The Hall–Kier alpha value is -2.21. The molecule has 1 aromatic heterocycles. The first kappa shape index (κ1) is 27.8. The number of benzene rings is 2. The predicted octanol–water partition coefficient (Wildman–Crippen LogP) is 6.61. The first-order valence-electron chi connectivity index (χ1n) is 11.6. The number of nitrogens with one attached hydrogen (secondary N) is 1. The minimum atomic E-state index is -4.43. The Morgan fingerprint density at radius 3 is 2.59 bits per heavy atom. The summed E-state index contributed by atoms with van der Waals surface area (Å²) in [5, 5.41) is 5.27. The van der Waals surface area contributed by atoms with Crippen LogP contribution in [0.2, 0.25) is 5.02 Å². The maximum atomic E-state index is 15.1. The summed E-state index contributed by atoms with van der Waals surface area (Å²) in [4.78, 5) is 5.46. The van der Waals surface area contributed by atoms with Crippen LogP contribution in [0.3, 0.4) is 0 Å². The number of sulfone groups is 1. The minimum Gasteiger partial charge on any atom is -0.379 e. The predicted molar refractivity (Wildman–Crippen MR) is 137 cm³/mol. The quantitative estimate of drug-likeness (QED) is 0.321. The number of hydrogen-bond donors (Lipinski definition) is 1. The van der Waals surface area contributed by atoms with Crippen LogP contribution >= 0.6 is 22.9 Å². The molecular formula is C25H26ClF4N3O2S2. The molecule has 0 saturated heterocycles. The molecule has 1 aliphatic carbocycles. The largest absolute Gasteiger partial charge is 0.416 e. The monoisotopic (exact) mass is 575 g/mol. The van der Waals surface area contributed by atoms with Crippen LogP contribution in [0.1, 0.15) is 41.3 Å². The van der Waals surface area contributed by atoms with Crippen molar-refractivity contribution in [3.05, 3.63) is 74.9 Å². The van der Waals surface area contributed by atoms with Gasteiger partial charge in [0.05, 0.1) is 16.3 Å². The van der Waals surface area contributed by atoms with Gasteiger partial charge in [-0.3, -0.25) is 0 Å². The van der Waals surface area contributed by atoms with E-state index in [1.165, 1.54) is 18.3 Å². The second kappa shape index (κ2) is 10.9. The van der Waals surface area contributed by atoms with Gasteiger partial charge in [-0.2, -0.15) is 13.2 Å². The highest BCUT2D eigenvalue weighted by molar-refractivity contribution is 7.90. The molecule has 3 atom stereocenters. The number of anilines is 1. The molecule has 2 aromatic carbocycles.